The lowest BCUT2D eigenvalue weighted by molar-refractivity contribution is 0.141. The topological polar surface area (TPSA) is 84.7 Å². The van der Waals surface area contributed by atoms with E-state index in [4.69, 9.17) is 9.26 Å². The molecule has 0 aliphatic carbocycles. The van der Waals surface area contributed by atoms with Gasteiger partial charge in [-0.25, -0.2) is 13.1 Å². The van der Waals surface area contributed by atoms with E-state index in [-0.39, 0.29) is 10.9 Å². The molecule has 0 bridgehead atoms. The zero-order chi connectivity index (χ0) is 15.5. The van der Waals surface area contributed by atoms with E-state index in [0.29, 0.717) is 24.6 Å². The fourth-order valence-electron chi connectivity index (χ4n) is 2.77. The van der Waals surface area contributed by atoms with E-state index < -0.39 is 10.0 Å². The molecule has 1 fully saturated rings. The van der Waals surface area contributed by atoms with E-state index in [1.807, 2.05) is 0 Å². The van der Waals surface area contributed by atoms with E-state index in [2.05, 4.69) is 14.8 Å². The summed E-state index contributed by atoms with van der Waals surface area (Å²) in [4.78, 5) is 2.42. The van der Waals surface area contributed by atoms with Crippen LogP contribution in [0.5, 0.6) is 0 Å². The quantitative estimate of drug-likeness (QED) is 0.796. The number of rotatable bonds is 7. The summed E-state index contributed by atoms with van der Waals surface area (Å²) in [5, 5.41) is 3.70. The molecular weight excluding hydrogens is 294 g/mol. The third-order valence-corrected chi connectivity index (χ3v) is 5.49. The van der Waals surface area contributed by atoms with E-state index in [1.165, 1.54) is 0 Å². The smallest absolute Gasteiger partial charge is 0.246 e. The number of ether oxygens (including phenoxy) is 1. The van der Waals surface area contributed by atoms with Crippen LogP contribution in [0.3, 0.4) is 0 Å². The third-order valence-electron chi connectivity index (χ3n) is 3.83. The van der Waals surface area contributed by atoms with Gasteiger partial charge in [-0.2, -0.15) is 0 Å². The summed E-state index contributed by atoms with van der Waals surface area (Å²) < 4.78 is 37.4. The molecule has 1 atom stereocenters. The van der Waals surface area contributed by atoms with Crippen LogP contribution in [0.4, 0.5) is 0 Å². The predicted octanol–water partition coefficient (Wildman–Crippen LogP) is 0.681. The van der Waals surface area contributed by atoms with Gasteiger partial charge in [-0.1, -0.05) is 5.16 Å². The maximum absolute atomic E-state index is 12.4. The molecule has 1 aromatic heterocycles. The van der Waals surface area contributed by atoms with Crippen LogP contribution in [0, 0.1) is 13.8 Å². The normalized spacial score (nSPS) is 20.2. The highest BCUT2D eigenvalue weighted by molar-refractivity contribution is 7.89. The third kappa shape index (κ3) is 3.82. The van der Waals surface area contributed by atoms with E-state index in [9.17, 15) is 8.42 Å². The van der Waals surface area contributed by atoms with Crippen molar-refractivity contribution in [1.82, 2.24) is 14.8 Å². The second kappa shape index (κ2) is 6.87. The van der Waals surface area contributed by atoms with Crippen LogP contribution in [0.25, 0.3) is 0 Å². The van der Waals surface area contributed by atoms with Gasteiger partial charge < -0.3 is 9.26 Å². The van der Waals surface area contributed by atoms with Gasteiger partial charge in [-0.3, -0.25) is 4.90 Å². The van der Waals surface area contributed by atoms with E-state index in [0.717, 1.165) is 25.9 Å². The molecule has 8 heteroatoms. The molecule has 0 unspecified atom stereocenters. The molecule has 7 nitrogen and oxygen atoms in total. The number of hydrogen-bond donors (Lipinski definition) is 1. The molecule has 1 aliphatic rings. The van der Waals surface area contributed by atoms with Gasteiger partial charge in [0.2, 0.25) is 10.0 Å². The standard InChI is InChI=1S/C13H23N3O4S/c1-10-13(11(2)20-15-10)21(17,18)14-9-12-5-4-6-16(12)7-8-19-3/h12,14H,4-9H2,1-3H3/t12-/m0/s1. The number of sulfonamides is 1. The Labute approximate surface area is 125 Å². The molecule has 0 saturated carbocycles. The van der Waals surface area contributed by atoms with Crippen molar-refractivity contribution in [2.45, 2.75) is 37.6 Å². The minimum Gasteiger partial charge on any atom is -0.383 e. The van der Waals surface area contributed by atoms with Crippen molar-refractivity contribution in [3.8, 4) is 0 Å². The minimum atomic E-state index is -3.57. The van der Waals surface area contributed by atoms with Crippen LogP contribution >= 0.6 is 0 Å². The van der Waals surface area contributed by atoms with Crippen molar-refractivity contribution in [3.63, 3.8) is 0 Å². The number of nitrogens with zero attached hydrogens (tertiary/aromatic N) is 2. The zero-order valence-corrected chi connectivity index (χ0v) is 13.6. The molecule has 1 aromatic rings. The molecule has 1 aliphatic heterocycles. The largest absolute Gasteiger partial charge is 0.383 e. The fourth-order valence-corrected chi connectivity index (χ4v) is 4.16. The molecule has 21 heavy (non-hydrogen) atoms. The monoisotopic (exact) mass is 317 g/mol. The number of likely N-dealkylation sites (tertiary alicyclic amines) is 1. The van der Waals surface area contributed by atoms with Crippen LogP contribution in [-0.4, -0.2) is 57.9 Å². The molecule has 1 saturated heterocycles. The molecule has 0 radical (unpaired) electrons. The van der Waals surface area contributed by atoms with Crippen LogP contribution in [0.1, 0.15) is 24.3 Å². The highest BCUT2D eigenvalue weighted by atomic mass is 32.2. The summed E-state index contributed by atoms with van der Waals surface area (Å²) in [6.07, 6.45) is 2.08. The van der Waals surface area contributed by atoms with Gasteiger partial charge in [0.25, 0.3) is 0 Å². The lowest BCUT2D eigenvalue weighted by Crippen LogP contribution is -2.41. The molecular formula is C13H23N3O4S. The molecule has 120 valence electrons. The lowest BCUT2D eigenvalue weighted by atomic mass is 10.2. The van der Waals surface area contributed by atoms with E-state index >= 15 is 0 Å². The van der Waals surface area contributed by atoms with E-state index in [1.54, 1.807) is 21.0 Å². The molecule has 1 N–H and O–H groups in total. The summed E-state index contributed by atoms with van der Waals surface area (Å²) >= 11 is 0. The first kappa shape index (κ1) is 16.4. The Morgan fingerprint density at radius 1 is 1.48 bits per heavy atom. The first-order valence-corrected chi connectivity index (χ1v) is 8.59. The Balaban J connectivity index is 1.99. The molecule has 0 spiro atoms. The Bertz CT molecular complexity index is 550. The summed E-state index contributed by atoms with van der Waals surface area (Å²) in [5.74, 6) is 0.322. The number of aromatic nitrogens is 1. The number of aryl methyl sites for hydroxylation is 2. The SMILES string of the molecule is COCCN1CCC[C@H]1CNS(=O)(=O)c1c(C)noc1C. The summed E-state index contributed by atoms with van der Waals surface area (Å²) in [6.45, 7) is 6.11. The van der Waals surface area contributed by atoms with Gasteiger partial charge in [0.15, 0.2) is 5.76 Å². The Kier molecular flexibility index (Phi) is 5.37. The average molecular weight is 317 g/mol. The Morgan fingerprint density at radius 3 is 2.86 bits per heavy atom. The van der Waals surface area contributed by atoms with Crippen molar-refractivity contribution in [1.29, 1.82) is 0 Å². The highest BCUT2D eigenvalue weighted by Crippen LogP contribution is 2.20. The molecule has 0 amide bonds. The summed E-state index contributed by atoms with van der Waals surface area (Å²) in [7, 11) is -1.90. The maximum Gasteiger partial charge on any atom is 0.246 e. The van der Waals surface area contributed by atoms with Crippen molar-refractivity contribution in [2.75, 3.05) is 33.4 Å². The first-order valence-electron chi connectivity index (χ1n) is 7.11. The van der Waals surface area contributed by atoms with Crippen LogP contribution in [-0.2, 0) is 14.8 Å². The number of hydrogen-bond acceptors (Lipinski definition) is 6. The summed E-state index contributed by atoms with van der Waals surface area (Å²) in [5.41, 5.74) is 0.391. The van der Waals surface area contributed by atoms with Crippen molar-refractivity contribution < 1.29 is 17.7 Å². The Hall–Kier alpha value is -0.960. The van der Waals surface area contributed by atoms with Crippen molar-refractivity contribution in [3.05, 3.63) is 11.5 Å². The second-order valence-corrected chi connectivity index (χ2v) is 7.03. The number of methoxy groups -OCH3 is 1. The van der Waals surface area contributed by atoms with Crippen LogP contribution in [0.2, 0.25) is 0 Å². The van der Waals surface area contributed by atoms with Gasteiger partial charge >= 0.3 is 0 Å². The molecule has 2 rings (SSSR count). The lowest BCUT2D eigenvalue weighted by Gasteiger charge is -2.24. The van der Waals surface area contributed by atoms with Crippen LogP contribution < -0.4 is 4.72 Å². The zero-order valence-electron chi connectivity index (χ0n) is 12.8. The summed E-state index contributed by atoms with van der Waals surface area (Å²) in [6, 6.07) is 0.218. The van der Waals surface area contributed by atoms with Gasteiger partial charge in [0, 0.05) is 26.2 Å². The average Bonchev–Trinajstić information content (AvgIpc) is 3.01. The second-order valence-electron chi connectivity index (χ2n) is 5.33. The van der Waals surface area contributed by atoms with Crippen molar-refractivity contribution in [2.24, 2.45) is 0 Å². The first-order chi connectivity index (χ1) is 9.95. The van der Waals surface area contributed by atoms with Crippen LogP contribution in [0.15, 0.2) is 9.42 Å². The van der Waals surface area contributed by atoms with Gasteiger partial charge in [-0.15, -0.1) is 0 Å². The maximum atomic E-state index is 12.4. The Morgan fingerprint density at radius 2 is 2.24 bits per heavy atom. The molecule has 2 heterocycles. The highest BCUT2D eigenvalue weighted by Gasteiger charge is 2.28. The predicted molar refractivity (Wildman–Crippen MR) is 77.6 cm³/mol. The fraction of sp³-hybridized carbons (Fsp3) is 0.769. The minimum absolute atomic E-state index is 0.156. The van der Waals surface area contributed by atoms with Gasteiger partial charge in [-0.05, 0) is 33.2 Å². The van der Waals surface area contributed by atoms with Crippen molar-refractivity contribution >= 4 is 10.0 Å². The molecule has 0 aromatic carbocycles. The number of nitrogens with one attached hydrogen (secondary N) is 1. The van der Waals surface area contributed by atoms with Gasteiger partial charge in [0.05, 0.1) is 6.61 Å². The van der Waals surface area contributed by atoms with Gasteiger partial charge in [0.1, 0.15) is 10.6 Å².